The molecule has 0 radical (unpaired) electrons. The molecule has 1 atom stereocenters. The van der Waals surface area contributed by atoms with Gasteiger partial charge in [0.25, 0.3) is 0 Å². The van der Waals surface area contributed by atoms with Crippen molar-refractivity contribution in [1.82, 2.24) is 0 Å². The first-order chi connectivity index (χ1) is 11.7. The van der Waals surface area contributed by atoms with Crippen molar-refractivity contribution < 1.29 is 33.3 Å². The fraction of sp³-hybridized carbons (Fsp3) is 0.412. The molecule has 0 bridgehead atoms. The molecule has 0 aromatic heterocycles. The van der Waals surface area contributed by atoms with Gasteiger partial charge in [-0.05, 0) is 31.9 Å². The van der Waals surface area contributed by atoms with Crippen LogP contribution in [0.1, 0.15) is 33.6 Å². The van der Waals surface area contributed by atoms with Crippen molar-refractivity contribution in [2.24, 2.45) is 0 Å². The molecule has 0 fully saturated rings. The molecule has 0 amide bonds. The number of halogens is 2. The predicted octanol–water partition coefficient (Wildman–Crippen LogP) is 3.16. The van der Waals surface area contributed by atoms with Crippen LogP contribution in [0.15, 0.2) is 23.9 Å². The van der Waals surface area contributed by atoms with Gasteiger partial charge in [-0.2, -0.15) is 4.39 Å². The number of carboxylic acid groups (broad SMARTS) is 2. The van der Waals surface area contributed by atoms with Crippen LogP contribution in [0.2, 0.25) is 0 Å². The maximum atomic E-state index is 14.3. The van der Waals surface area contributed by atoms with E-state index >= 15 is 0 Å². The maximum absolute atomic E-state index is 14.3. The van der Waals surface area contributed by atoms with Crippen LogP contribution in [-0.4, -0.2) is 33.8 Å². The number of fused-ring (bicyclic) bond motifs is 1. The minimum Gasteiger partial charge on any atom is -0.480 e. The summed E-state index contributed by atoms with van der Waals surface area (Å²) in [4.78, 5) is 23.8. The molecule has 1 aromatic rings. The third-order valence-electron chi connectivity index (χ3n) is 4.72. The SMILES string of the molecule is CCC1(CC)Oc2c(ccc(F)c2F)N(C=C(C(=O)O)C(=O)O)[C@H]1C. The van der Waals surface area contributed by atoms with Crippen molar-refractivity contribution in [2.75, 3.05) is 4.90 Å². The van der Waals surface area contributed by atoms with Crippen molar-refractivity contribution >= 4 is 17.6 Å². The minimum atomic E-state index is -1.63. The first-order valence-corrected chi connectivity index (χ1v) is 7.82. The Bertz CT molecular complexity index is 727. The van der Waals surface area contributed by atoms with E-state index in [4.69, 9.17) is 14.9 Å². The summed E-state index contributed by atoms with van der Waals surface area (Å²) in [6, 6.07) is 1.61. The lowest BCUT2D eigenvalue weighted by Gasteiger charge is -2.48. The highest BCUT2D eigenvalue weighted by atomic mass is 19.2. The monoisotopic (exact) mass is 355 g/mol. The molecule has 2 N–H and O–H groups in total. The number of hydrogen-bond donors (Lipinski definition) is 2. The number of ether oxygens (including phenoxy) is 1. The molecular weight excluding hydrogens is 336 g/mol. The number of rotatable bonds is 5. The van der Waals surface area contributed by atoms with Crippen LogP contribution in [0, 0.1) is 11.6 Å². The van der Waals surface area contributed by atoms with Crippen molar-refractivity contribution in [3.63, 3.8) is 0 Å². The van der Waals surface area contributed by atoms with Gasteiger partial charge in [-0.25, -0.2) is 14.0 Å². The van der Waals surface area contributed by atoms with Crippen LogP contribution in [-0.2, 0) is 9.59 Å². The summed E-state index contributed by atoms with van der Waals surface area (Å²) < 4.78 is 33.7. The van der Waals surface area contributed by atoms with Crippen LogP contribution in [0.5, 0.6) is 5.75 Å². The van der Waals surface area contributed by atoms with Gasteiger partial charge in [-0.15, -0.1) is 0 Å². The van der Waals surface area contributed by atoms with E-state index in [9.17, 15) is 18.4 Å². The van der Waals surface area contributed by atoms with E-state index in [2.05, 4.69) is 0 Å². The van der Waals surface area contributed by atoms with Crippen molar-refractivity contribution in [1.29, 1.82) is 0 Å². The number of hydrogen-bond acceptors (Lipinski definition) is 4. The molecule has 1 aliphatic heterocycles. The summed E-state index contributed by atoms with van der Waals surface area (Å²) in [5, 5.41) is 18.2. The first kappa shape index (κ1) is 18.7. The molecule has 0 spiro atoms. The van der Waals surface area contributed by atoms with Crippen LogP contribution in [0.4, 0.5) is 14.5 Å². The van der Waals surface area contributed by atoms with Gasteiger partial charge in [0.1, 0.15) is 5.60 Å². The Hall–Kier alpha value is -2.64. The normalized spacial score (nSPS) is 18.1. The fourth-order valence-corrected chi connectivity index (χ4v) is 3.08. The second kappa shape index (κ2) is 6.70. The highest BCUT2D eigenvalue weighted by molar-refractivity contribution is 6.12. The van der Waals surface area contributed by atoms with Gasteiger partial charge in [-0.3, -0.25) is 0 Å². The first-order valence-electron chi connectivity index (χ1n) is 7.82. The Morgan fingerprint density at radius 3 is 2.28 bits per heavy atom. The Morgan fingerprint density at radius 2 is 1.80 bits per heavy atom. The molecule has 1 heterocycles. The maximum Gasteiger partial charge on any atom is 0.344 e. The lowest BCUT2D eigenvalue weighted by Crippen LogP contribution is -2.56. The predicted molar refractivity (Wildman–Crippen MR) is 85.6 cm³/mol. The molecule has 8 heteroatoms. The number of aliphatic carboxylic acids is 2. The molecule has 0 unspecified atom stereocenters. The van der Waals surface area contributed by atoms with Gasteiger partial charge in [0, 0.05) is 6.20 Å². The second-order valence-corrected chi connectivity index (χ2v) is 5.82. The van der Waals surface area contributed by atoms with Crippen LogP contribution in [0.25, 0.3) is 0 Å². The smallest absolute Gasteiger partial charge is 0.344 e. The molecule has 0 saturated heterocycles. The van der Waals surface area contributed by atoms with Gasteiger partial charge in [0.05, 0.1) is 11.7 Å². The number of carboxylic acids is 2. The third kappa shape index (κ3) is 3.04. The van der Waals surface area contributed by atoms with Gasteiger partial charge < -0.3 is 19.8 Å². The lowest BCUT2D eigenvalue weighted by molar-refractivity contribution is -0.140. The summed E-state index contributed by atoms with van der Waals surface area (Å²) in [7, 11) is 0. The van der Waals surface area contributed by atoms with E-state index in [1.54, 1.807) is 20.8 Å². The molecule has 1 aromatic carbocycles. The average Bonchev–Trinajstić information content (AvgIpc) is 2.56. The number of anilines is 1. The minimum absolute atomic E-state index is 0.0731. The number of carbonyl (C=O) groups is 2. The number of benzene rings is 1. The van der Waals surface area contributed by atoms with Crippen LogP contribution in [0.3, 0.4) is 0 Å². The van der Waals surface area contributed by atoms with Crippen molar-refractivity contribution in [3.8, 4) is 5.75 Å². The Kier molecular flexibility index (Phi) is 5.01. The topological polar surface area (TPSA) is 87.1 Å². The fourth-order valence-electron chi connectivity index (χ4n) is 3.08. The van der Waals surface area contributed by atoms with Crippen LogP contribution >= 0.6 is 0 Å². The van der Waals surface area contributed by atoms with E-state index in [1.807, 2.05) is 0 Å². The highest BCUT2D eigenvalue weighted by Crippen LogP contribution is 2.45. The zero-order valence-corrected chi connectivity index (χ0v) is 14.0. The van der Waals surface area contributed by atoms with E-state index in [0.717, 1.165) is 12.3 Å². The molecule has 0 aliphatic carbocycles. The highest BCUT2D eigenvalue weighted by Gasteiger charge is 2.45. The van der Waals surface area contributed by atoms with E-state index in [0.29, 0.717) is 12.8 Å². The summed E-state index contributed by atoms with van der Waals surface area (Å²) in [5.74, 6) is -5.91. The largest absolute Gasteiger partial charge is 0.480 e. The summed E-state index contributed by atoms with van der Waals surface area (Å²) >= 11 is 0. The molecule has 6 nitrogen and oxygen atoms in total. The van der Waals surface area contributed by atoms with Gasteiger partial charge in [0.15, 0.2) is 17.1 Å². The lowest BCUT2D eigenvalue weighted by atomic mass is 9.86. The molecule has 1 aliphatic rings. The van der Waals surface area contributed by atoms with Crippen molar-refractivity contribution in [2.45, 2.75) is 45.3 Å². The standard InChI is InChI=1S/C17H19F2NO5/c1-4-17(5-2)9(3)20(8-10(15(21)22)16(23)24)12-7-6-11(18)13(19)14(12)25-17/h6-9H,4-5H2,1-3H3,(H,21,22)(H,23,24)/t9-/m0/s1. The molecule has 25 heavy (non-hydrogen) atoms. The van der Waals surface area contributed by atoms with E-state index < -0.39 is 40.8 Å². The summed E-state index contributed by atoms with van der Waals surface area (Å²) in [5.41, 5.74) is -1.74. The second-order valence-electron chi connectivity index (χ2n) is 5.82. The molecule has 136 valence electrons. The summed E-state index contributed by atoms with van der Waals surface area (Å²) in [6.07, 6.45) is 1.79. The van der Waals surface area contributed by atoms with Crippen molar-refractivity contribution in [3.05, 3.63) is 35.5 Å². The van der Waals surface area contributed by atoms with E-state index in [1.165, 1.54) is 11.0 Å². The Labute approximate surface area is 143 Å². The molecular formula is C17H19F2NO5. The number of nitrogens with zero attached hydrogens (tertiary/aromatic N) is 1. The average molecular weight is 355 g/mol. The van der Waals surface area contributed by atoms with Gasteiger partial charge in [0.2, 0.25) is 5.82 Å². The van der Waals surface area contributed by atoms with Crippen LogP contribution < -0.4 is 9.64 Å². The molecule has 0 saturated carbocycles. The third-order valence-corrected chi connectivity index (χ3v) is 4.72. The quantitative estimate of drug-likeness (QED) is 0.479. The van der Waals surface area contributed by atoms with E-state index in [-0.39, 0.29) is 11.4 Å². The Balaban J connectivity index is 2.73. The zero-order valence-electron chi connectivity index (χ0n) is 14.0. The van der Waals surface area contributed by atoms with Gasteiger partial charge >= 0.3 is 11.9 Å². The zero-order chi connectivity index (χ0) is 18.9. The van der Waals surface area contributed by atoms with Gasteiger partial charge in [-0.1, -0.05) is 13.8 Å². The Morgan fingerprint density at radius 1 is 1.24 bits per heavy atom. The summed E-state index contributed by atoms with van der Waals surface area (Å²) in [6.45, 7) is 5.33. The molecule has 2 rings (SSSR count).